The minimum atomic E-state index is -4.55. The highest BCUT2D eigenvalue weighted by atomic mass is 32.2. The number of nitrogens with zero attached hydrogens (tertiary/aromatic N) is 1. The molecule has 182 valence electrons. The van der Waals surface area contributed by atoms with Crippen molar-refractivity contribution < 1.29 is 27.1 Å². The van der Waals surface area contributed by atoms with Crippen molar-refractivity contribution in [2.24, 2.45) is 5.41 Å². The van der Waals surface area contributed by atoms with E-state index in [1.165, 1.54) is 6.92 Å². The summed E-state index contributed by atoms with van der Waals surface area (Å²) in [7, 11) is 0. The molecule has 2 aromatic heterocycles. The van der Waals surface area contributed by atoms with Gasteiger partial charge in [-0.2, -0.15) is 13.2 Å². The van der Waals surface area contributed by atoms with Crippen LogP contribution < -0.4 is 0 Å². The molecule has 0 saturated carbocycles. The number of benzene rings is 1. The Hall–Kier alpha value is -2.74. The average molecular weight is 492 g/mol. The lowest BCUT2D eigenvalue weighted by molar-refractivity contribution is -0.223. The van der Waals surface area contributed by atoms with Gasteiger partial charge < -0.3 is 9.15 Å². The van der Waals surface area contributed by atoms with E-state index in [9.17, 15) is 18.0 Å². The fraction of sp³-hybridized carbons (Fsp3) is 0.385. The zero-order valence-electron chi connectivity index (χ0n) is 19.7. The summed E-state index contributed by atoms with van der Waals surface area (Å²) in [4.78, 5) is 16.9. The fourth-order valence-electron chi connectivity index (χ4n) is 3.27. The number of aryl methyl sites for hydroxylation is 2. The van der Waals surface area contributed by atoms with Gasteiger partial charge in [-0.05, 0) is 63.1 Å². The van der Waals surface area contributed by atoms with Crippen molar-refractivity contribution in [1.29, 1.82) is 0 Å². The number of hydrogen-bond acceptors (Lipinski definition) is 5. The third-order valence-corrected chi connectivity index (χ3v) is 6.97. The maximum Gasteiger partial charge on any atom is 0.398 e. The Balaban J connectivity index is 1.82. The molecule has 0 aliphatic rings. The largest absolute Gasteiger partial charge is 0.461 e. The van der Waals surface area contributed by atoms with Crippen LogP contribution in [0.1, 0.15) is 39.1 Å². The molecular weight excluding hydrogens is 463 g/mol. The number of furan rings is 1. The first kappa shape index (κ1) is 25.9. The molecule has 0 saturated heterocycles. The third-order valence-electron chi connectivity index (χ3n) is 5.60. The number of pyridine rings is 1. The van der Waals surface area contributed by atoms with Crippen molar-refractivity contribution in [2.75, 3.05) is 12.4 Å². The number of fused-ring (bicyclic) bond motifs is 1. The van der Waals surface area contributed by atoms with Crippen LogP contribution in [-0.2, 0) is 22.4 Å². The van der Waals surface area contributed by atoms with E-state index in [4.69, 9.17) is 9.15 Å². The number of thioether (sulfide) groups is 1. The second-order valence-corrected chi connectivity index (χ2v) is 9.57. The van der Waals surface area contributed by atoms with Crippen LogP contribution in [0.3, 0.4) is 0 Å². The Morgan fingerprint density at radius 3 is 2.50 bits per heavy atom. The first-order valence-corrected chi connectivity index (χ1v) is 12.0. The summed E-state index contributed by atoms with van der Waals surface area (Å²) >= 11 is 1.04. The molecule has 0 amide bonds. The third kappa shape index (κ3) is 5.66. The number of aromatic nitrogens is 1. The second kappa shape index (κ2) is 10.3. The highest BCUT2D eigenvalue weighted by Gasteiger charge is 2.52. The SMILES string of the molecule is C=C(C)C(=O)OCC(C)(CSc1ccc2cc(-c3ccc(CC)nc3CC)oc2c1)C(F)(F)F. The summed E-state index contributed by atoms with van der Waals surface area (Å²) in [5.74, 6) is -0.476. The molecule has 0 N–H and O–H groups in total. The summed E-state index contributed by atoms with van der Waals surface area (Å²) in [6.07, 6.45) is -2.95. The van der Waals surface area contributed by atoms with Crippen molar-refractivity contribution in [3.8, 4) is 11.3 Å². The monoisotopic (exact) mass is 491 g/mol. The standard InChI is InChI=1S/C26H28F3NO3S/c1-6-18-9-11-20(21(7-2)30-18)23-12-17-8-10-19(13-22(17)33-23)34-15-25(5,26(27,28)29)14-32-24(31)16(3)4/h8-13H,3,6-7,14-15H2,1-2,4-5H3. The first-order valence-electron chi connectivity index (χ1n) is 11.0. The van der Waals surface area contributed by atoms with Gasteiger partial charge in [0.05, 0.1) is 5.69 Å². The molecule has 4 nitrogen and oxygen atoms in total. The molecule has 0 radical (unpaired) electrons. The summed E-state index contributed by atoms with van der Waals surface area (Å²) in [5.41, 5.74) is 1.30. The number of halogens is 3. The number of esters is 1. The Bertz CT molecular complexity index is 1200. The van der Waals surface area contributed by atoms with Crippen LogP contribution in [0.4, 0.5) is 13.2 Å². The van der Waals surface area contributed by atoms with E-state index in [1.807, 2.05) is 31.2 Å². The van der Waals surface area contributed by atoms with E-state index >= 15 is 0 Å². The molecule has 3 rings (SSSR count). The second-order valence-electron chi connectivity index (χ2n) is 8.52. The van der Waals surface area contributed by atoms with Crippen molar-refractivity contribution in [2.45, 2.75) is 51.6 Å². The van der Waals surface area contributed by atoms with E-state index in [1.54, 1.807) is 12.1 Å². The van der Waals surface area contributed by atoms with E-state index in [2.05, 4.69) is 18.5 Å². The van der Waals surface area contributed by atoms with Crippen LogP contribution in [0.25, 0.3) is 22.3 Å². The Kier molecular flexibility index (Phi) is 7.81. The lowest BCUT2D eigenvalue weighted by Crippen LogP contribution is -2.42. The van der Waals surface area contributed by atoms with Gasteiger partial charge in [-0.1, -0.05) is 20.4 Å². The molecule has 1 unspecified atom stereocenters. The minimum absolute atomic E-state index is 0.0574. The van der Waals surface area contributed by atoms with Gasteiger partial charge in [-0.15, -0.1) is 11.8 Å². The fourth-order valence-corrected chi connectivity index (χ4v) is 4.35. The van der Waals surface area contributed by atoms with Gasteiger partial charge in [0, 0.05) is 32.9 Å². The average Bonchev–Trinajstić information content (AvgIpc) is 3.23. The van der Waals surface area contributed by atoms with E-state index in [0.29, 0.717) is 16.2 Å². The van der Waals surface area contributed by atoms with E-state index in [0.717, 1.165) is 53.9 Å². The summed E-state index contributed by atoms with van der Waals surface area (Å²) in [6.45, 7) is 9.17. The maximum absolute atomic E-state index is 13.8. The summed E-state index contributed by atoms with van der Waals surface area (Å²) in [6, 6.07) is 11.2. The van der Waals surface area contributed by atoms with Crippen molar-refractivity contribution >= 4 is 28.7 Å². The van der Waals surface area contributed by atoms with E-state index < -0.39 is 24.2 Å². The molecule has 3 aromatic rings. The van der Waals surface area contributed by atoms with Gasteiger partial charge in [0.2, 0.25) is 0 Å². The summed E-state index contributed by atoms with van der Waals surface area (Å²) in [5, 5.41) is 0.856. The van der Waals surface area contributed by atoms with Crippen LogP contribution in [0, 0.1) is 5.41 Å². The molecule has 1 aromatic carbocycles. The van der Waals surface area contributed by atoms with Crippen LogP contribution >= 0.6 is 11.8 Å². The Labute approximate surface area is 201 Å². The molecule has 0 aliphatic heterocycles. The summed E-state index contributed by atoms with van der Waals surface area (Å²) < 4.78 is 52.2. The smallest absolute Gasteiger partial charge is 0.398 e. The van der Waals surface area contributed by atoms with Gasteiger partial charge in [0.25, 0.3) is 0 Å². The quantitative estimate of drug-likeness (QED) is 0.177. The maximum atomic E-state index is 13.8. The van der Waals surface area contributed by atoms with Gasteiger partial charge >= 0.3 is 12.1 Å². The van der Waals surface area contributed by atoms with Crippen LogP contribution in [0.2, 0.25) is 0 Å². The van der Waals surface area contributed by atoms with Gasteiger partial charge in [-0.25, -0.2) is 4.79 Å². The molecule has 0 aliphatic carbocycles. The van der Waals surface area contributed by atoms with Crippen molar-refractivity contribution in [3.63, 3.8) is 0 Å². The Morgan fingerprint density at radius 2 is 1.88 bits per heavy atom. The zero-order valence-corrected chi connectivity index (χ0v) is 20.5. The van der Waals surface area contributed by atoms with E-state index in [-0.39, 0.29) is 11.3 Å². The predicted molar refractivity (Wildman–Crippen MR) is 129 cm³/mol. The molecule has 0 fully saturated rings. The van der Waals surface area contributed by atoms with Crippen LogP contribution in [0.5, 0.6) is 0 Å². The number of ether oxygens (including phenoxy) is 1. The van der Waals surface area contributed by atoms with Gasteiger partial charge in [0.1, 0.15) is 23.4 Å². The van der Waals surface area contributed by atoms with Crippen molar-refractivity contribution in [3.05, 3.63) is 59.9 Å². The lowest BCUT2D eigenvalue weighted by Gasteiger charge is -2.31. The minimum Gasteiger partial charge on any atom is -0.461 e. The molecule has 0 bridgehead atoms. The topological polar surface area (TPSA) is 52.3 Å². The molecule has 2 heterocycles. The molecule has 0 spiro atoms. The zero-order chi connectivity index (χ0) is 25.1. The highest BCUT2D eigenvalue weighted by Crippen LogP contribution is 2.43. The van der Waals surface area contributed by atoms with Gasteiger partial charge in [-0.3, -0.25) is 4.98 Å². The number of carbonyl (C=O) groups is 1. The molecule has 1 atom stereocenters. The molecular formula is C26H28F3NO3S. The molecule has 34 heavy (non-hydrogen) atoms. The number of carbonyl (C=O) groups excluding carboxylic acids is 1. The molecule has 8 heteroatoms. The Morgan fingerprint density at radius 1 is 1.15 bits per heavy atom. The normalized spacial score (nSPS) is 13.6. The number of rotatable bonds is 9. The van der Waals surface area contributed by atoms with Crippen LogP contribution in [0.15, 0.2) is 57.9 Å². The first-order chi connectivity index (χ1) is 16.0. The van der Waals surface area contributed by atoms with Crippen molar-refractivity contribution in [1.82, 2.24) is 4.98 Å². The predicted octanol–water partition coefficient (Wildman–Crippen LogP) is 7.40. The highest BCUT2D eigenvalue weighted by molar-refractivity contribution is 7.99. The number of hydrogen-bond donors (Lipinski definition) is 0. The number of alkyl halides is 3. The van der Waals surface area contributed by atoms with Crippen LogP contribution in [-0.4, -0.2) is 29.5 Å². The van der Waals surface area contributed by atoms with Gasteiger partial charge in [0.15, 0.2) is 0 Å². The lowest BCUT2D eigenvalue weighted by atomic mass is 9.94.